The standard InChI is InChI=1S/C22H28FN5O2S/c1-6-16-8-7-9-18(23)21(16)22(29)26-20-13-24-19(12-25-20)17-14-28(11-10-15(17)2)31(5,30)27(3)4/h7-9,12-13H,5-6,10-11,14H2,1-4H3,(H,25,26,29). The molecule has 1 atom stereocenters. The fraction of sp³-hybridized carbons (Fsp3) is 0.364. The highest BCUT2D eigenvalue weighted by Gasteiger charge is 2.26. The van der Waals surface area contributed by atoms with Crippen molar-refractivity contribution in [2.45, 2.75) is 26.7 Å². The van der Waals surface area contributed by atoms with Crippen LogP contribution >= 0.6 is 0 Å². The molecule has 0 saturated carbocycles. The van der Waals surface area contributed by atoms with Gasteiger partial charge in [-0.15, -0.1) is 0 Å². The number of amides is 1. The second kappa shape index (κ2) is 9.25. The normalized spacial score (nSPS) is 17.0. The number of hydrogen-bond donors (Lipinski definition) is 1. The average Bonchev–Trinajstić information content (AvgIpc) is 2.74. The molecule has 0 aliphatic carbocycles. The van der Waals surface area contributed by atoms with Crippen molar-refractivity contribution in [1.29, 1.82) is 0 Å². The fourth-order valence-electron chi connectivity index (χ4n) is 3.45. The summed E-state index contributed by atoms with van der Waals surface area (Å²) in [5, 5.41) is 2.62. The maximum atomic E-state index is 14.2. The first-order chi connectivity index (χ1) is 14.6. The van der Waals surface area contributed by atoms with E-state index in [0.29, 0.717) is 30.8 Å². The van der Waals surface area contributed by atoms with E-state index in [1.807, 2.05) is 18.2 Å². The first kappa shape index (κ1) is 23.1. The summed E-state index contributed by atoms with van der Waals surface area (Å²) in [6.07, 6.45) is 4.31. The number of nitrogens with zero attached hydrogens (tertiary/aromatic N) is 4. The van der Waals surface area contributed by atoms with Crippen molar-refractivity contribution in [3.8, 4) is 0 Å². The lowest BCUT2D eigenvalue weighted by atomic mass is 10.0. The Morgan fingerprint density at radius 2 is 2.06 bits per heavy atom. The molecule has 0 saturated heterocycles. The molecule has 1 aromatic heterocycles. The second-order valence-electron chi connectivity index (χ2n) is 7.66. The third kappa shape index (κ3) is 4.84. The molecule has 0 fully saturated rings. The summed E-state index contributed by atoms with van der Waals surface area (Å²) in [7, 11) is 0.956. The molecule has 1 amide bonds. The highest BCUT2D eigenvalue weighted by molar-refractivity contribution is 7.95. The summed E-state index contributed by atoms with van der Waals surface area (Å²) < 4.78 is 30.6. The van der Waals surface area contributed by atoms with Gasteiger partial charge in [0.25, 0.3) is 5.91 Å². The molecule has 1 aromatic carbocycles. The zero-order valence-electron chi connectivity index (χ0n) is 18.3. The highest BCUT2D eigenvalue weighted by atomic mass is 32.2. The summed E-state index contributed by atoms with van der Waals surface area (Å²) in [6, 6.07) is 4.58. The van der Waals surface area contributed by atoms with Crippen LogP contribution in [-0.4, -0.2) is 61.7 Å². The molecule has 0 bridgehead atoms. The second-order valence-corrected chi connectivity index (χ2v) is 10.1. The summed E-state index contributed by atoms with van der Waals surface area (Å²) in [4.78, 5) is 21.3. The van der Waals surface area contributed by atoms with Crippen molar-refractivity contribution in [3.05, 3.63) is 58.8 Å². The van der Waals surface area contributed by atoms with Crippen molar-refractivity contribution in [2.75, 3.05) is 32.5 Å². The summed E-state index contributed by atoms with van der Waals surface area (Å²) in [5.41, 5.74) is 3.39. The van der Waals surface area contributed by atoms with Crippen LogP contribution in [0.25, 0.3) is 5.57 Å². The quantitative estimate of drug-likeness (QED) is 0.694. The molecule has 2 aromatic rings. The molecule has 1 N–H and O–H groups in total. The number of aryl methyl sites for hydroxylation is 1. The zero-order valence-corrected chi connectivity index (χ0v) is 19.1. The van der Waals surface area contributed by atoms with Crippen LogP contribution in [0, 0.1) is 5.82 Å². The third-order valence-corrected chi connectivity index (χ3v) is 7.73. The van der Waals surface area contributed by atoms with Crippen molar-refractivity contribution < 1.29 is 13.4 Å². The SMILES string of the molecule is C=S(=O)(N(C)C)N1CCC(C)=C(c2cnc(NC(=O)c3c(F)cccc3CC)cn2)C1. The number of carbonyl (C=O) groups excluding carboxylic acids is 1. The molecule has 1 aliphatic rings. The number of anilines is 1. The largest absolute Gasteiger partial charge is 0.305 e. The Kier molecular flexibility index (Phi) is 6.88. The van der Waals surface area contributed by atoms with Gasteiger partial charge < -0.3 is 5.32 Å². The van der Waals surface area contributed by atoms with Crippen molar-refractivity contribution in [3.63, 3.8) is 0 Å². The highest BCUT2D eigenvalue weighted by Crippen LogP contribution is 2.27. The monoisotopic (exact) mass is 445 g/mol. The lowest BCUT2D eigenvalue weighted by molar-refractivity contribution is 0.102. The van der Waals surface area contributed by atoms with Crippen LogP contribution in [0.4, 0.5) is 10.2 Å². The molecule has 1 unspecified atom stereocenters. The van der Waals surface area contributed by atoms with Crippen molar-refractivity contribution in [1.82, 2.24) is 18.6 Å². The molecule has 3 rings (SSSR count). The molecule has 2 heterocycles. The number of hydrogen-bond acceptors (Lipinski definition) is 4. The molecule has 1 aliphatic heterocycles. The maximum Gasteiger partial charge on any atom is 0.260 e. The minimum Gasteiger partial charge on any atom is -0.305 e. The summed E-state index contributed by atoms with van der Waals surface area (Å²) >= 11 is 0. The lowest BCUT2D eigenvalue weighted by Crippen LogP contribution is -2.43. The van der Waals surface area contributed by atoms with E-state index in [9.17, 15) is 13.4 Å². The topological polar surface area (TPSA) is 78.4 Å². The summed E-state index contributed by atoms with van der Waals surface area (Å²) in [5.74, 6) is 3.00. The van der Waals surface area contributed by atoms with Crippen LogP contribution < -0.4 is 5.32 Å². The molecule has 9 heteroatoms. The van der Waals surface area contributed by atoms with Crippen LogP contribution in [0.15, 0.2) is 36.2 Å². The third-order valence-electron chi connectivity index (χ3n) is 5.47. The number of aromatic nitrogens is 2. The van der Waals surface area contributed by atoms with Crippen LogP contribution in [0.2, 0.25) is 0 Å². The Morgan fingerprint density at radius 3 is 2.68 bits per heavy atom. The van der Waals surface area contributed by atoms with Gasteiger partial charge in [-0.05, 0) is 42.8 Å². The fourth-order valence-corrected chi connectivity index (χ4v) is 4.62. The number of halogens is 1. The van der Waals surface area contributed by atoms with E-state index in [4.69, 9.17) is 0 Å². The van der Waals surface area contributed by atoms with Gasteiger partial charge in [0.2, 0.25) is 0 Å². The maximum absolute atomic E-state index is 14.2. The smallest absolute Gasteiger partial charge is 0.260 e. The molecule has 0 radical (unpaired) electrons. The first-order valence-corrected chi connectivity index (χ1v) is 11.7. The van der Waals surface area contributed by atoms with E-state index in [1.54, 1.807) is 36.7 Å². The van der Waals surface area contributed by atoms with E-state index in [2.05, 4.69) is 21.2 Å². The van der Waals surface area contributed by atoms with Crippen LogP contribution in [0.1, 0.15) is 41.9 Å². The summed E-state index contributed by atoms with van der Waals surface area (Å²) in [6.45, 7) is 4.99. The van der Waals surface area contributed by atoms with Gasteiger partial charge in [0.15, 0.2) is 5.82 Å². The predicted molar refractivity (Wildman–Crippen MR) is 123 cm³/mol. The average molecular weight is 446 g/mol. The van der Waals surface area contributed by atoms with Crippen LogP contribution in [0.3, 0.4) is 0 Å². The van der Waals surface area contributed by atoms with E-state index in [1.165, 1.54) is 12.3 Å². The first-order valence-electron chi connectivity index (χ1n) is 10.0. The minimum atomic E-state index is -2.54. The van der Waals surface area contributed by atoms with Gasteiger partial charge >= 0.3 is 0 Å². The van der Waals surface area contributed by atoms with Gasteiger partial charge in [-0.25, -0.2) is 22.2 Å². The van der Waals surface area contributed by atoms with Gasteiger partial charge in [-0.2, -0.15) is 0 Å². The Bertz CT molecular complexity index is 1110. The molecule has 0 spiro atoms. The van der Waals surface area contributed by atoms with E-state index < -0.39 is 21.6 Å². The lowest BCUT2D eigenvalue weighted by Gasteiger charge is -2.34. The number of carbonyl (C=O) groups is 1. The van der Waals surface area contributed by atoms with Gasteiger partial charge in [-0.3, -0.25) is 9.78 Å². The van der Waals surface area contributed by atoms with Crippen LogP contribution in [-0.2, 0) is 16.3 Å². The minimum absolute atomic E-state index is 0.0197. The van der Waals surface area contributed by atoms with Gasteiger partial charge in [0.1, 0.15) is 5.82 Å². The molecule has 31 heavy (non-hydrogen) atoms. The van der Waals surface area contributed by atoms with Crippen LogP contribution in [0.5, 0.6) is 0 Å². The number of rotatable bonds is 6. The van der Waals surface area contributed by atoms with Crippen molar-refractivity contribution in [2.24, 2.45) is 0 Å². The van der Waals surface area contributed by atoms with Gasteiger partial charge in [0, 0.05) is 27.2 Å². The Hall–Kier alpha value is -2.62. The zero-order chi connectivity index (χ0) is 22.8. The Morgan fingerprint density at radius 1 is 1.32 bits per heavy atom. The van der Waals surface area contributed by atoms with Gasteiger partial charge in [-0.1, -0.05) is 24.6 Å². The Balaban J connectivity index is 1.80. The molecular weight excluding hydrogens is 417 g/mol. The van der Waals surface area contributed by atoms with Crippen molar-refractivity contribution >= 4 is 33.1 Å². The predicted octanol–water partition coefficient (Wildman–Crippen LogP) is 3.02. The Labute approximate surface area is 183 Å². The van der Waals surface area contributed by atoms with Gasteiger partial charge in [0.05, 0.1) is 33.5 Å². The number of benzene rings is 1. The van der Waals surface area contributed by atoms with E-state index in [0.717, 1.165) is 17.6 Å². The van der Waals surface area contributed by atoms with E-state index >= 15 is 0 Å². The molecular formula is C22H28FN5O2S. The molecule has 7 nitrogen and oxygen atoms in total. The number of nitrogens with one attached hydrogen (secondary N) is 1. The van der Waals surface area contributed by atoms with E-state index in [-0.39, 0.29) is 11.4 Å². The molecule has 166 valence electrons.